The van der Waals surface area contributed by atoms with Gasteiger partial charge in [0.2, 0.25) is 0 Å². The van der Waals surface area contributed by atoms with Gasteiger partial charge in [0.1, 0.15) is 10.7 Å². The third kappa shape index (κ3) is 2.81. The lowest BCUT2D eigenvalue weighted by molar-refractivity contribution is 0.101. The Morgan fingerprint density at radius 3 is 2.60 bits per heavy atom. The van der Waals surface area contributed by atoms with Gasteiger partial charge in [0.15, 0.2) is 5.78 Å². The van der Waals surface area contributed by atoms with E-state index in [1.165, 1.54) is 12.8 Å². The van der Waals surface area contributed by atoms with Gasteiger partial charge in [-0.25, -0.2) is 4.98 Å². The molecular weight excluding hydrogens is 268 g/mol. The van der Waals surface area contributed by atoms with Crippen molar-refractivity contribution in [2.45, 2.75) is 26.3 Å². The van der Waals surface area contributed by atoms with Gasteiger partial charge in [0.05, 0.1) is 4.88 Å². The van der Waals surface area contributed by atoms with Gasteiger partial charge in [0.25, 0.3) is 0 Å². The second kappa shape index (κ2) is 5.85. The maximum Gasteiger partial charge on any atom is 0.179 e. The average Bonchev–Trinajstić information content (AvgIpc) is 3.10. The second-order valence-electron chi connectivity index (χ2n) is 5.20. The van der Waals surface area contributed by atoms with Crippen molar-refractivity contribution in [2.75, 3.05) is 13.1 Å². The second-order valence-corrected chi connectivity index (χ2v) is 6.28. The van der Waals surface area contributed by atoms with Crippen LogP contribution in [0, 0.1) is 0 Å². The van der Waals surface area contributed by atoms with Crippen molar-refractivity contribution >= 4 is 17.1 Å². The molecule has 1 aliphatic heterocycles. The first-order valence-corrected chi connectivity index (χ1v) is 7.84. The molecule has 0 aliphatic carbocycles. The molecule has 0 amide bonds. The molecule has 4 heteroatoms. The first-order chi connectivity index (χ1) is 9.74. The lowest BCUT2D eigenvalue weighted by atomic mass is 10.2. The normalized spacial score (nSPS) is 15.7. The third-order valence-corrected chi connectivity index (χ3v) is 4.71. The van der Waals surface area contributed by atoms with Crippen molar-refractivity contribution in [2.24, 2.45) is 0 Å². The Bertz CT molecular complexity index is 600. The maximum absolute atomic E-state index is 11.8. The Hall–Kier alpha value is -1.52. The number of ketones is 1. The molecule has 20 heavy (non-hydrogen) atoms. The van der Waals surface area contributed by atoms with Crippen molar-refractivity contribution in [1.29, 1.82) is 0 Å². The number of Topliss-reactive ketones (excluding diaryl/α,β-unsaturated/α-hetero) is 1. The summed E-state index contributed by atoms with van der Waals surface area (Å²) in [5.41, 5.74) is 1.74. The maximum atomic E-state index is 11.8. The number of nitrogens with zero attached hydrogens (tertiary/aromatic N) is 2. The van der Waals surface area contributed by atoms with Crippen LogP contribution in [0.5, 0.6) is 0 Å². The zero-order valence-electron chi connectivity index (χ0n) is 11.6. The molecule has 0 atom stereocenters. The number of likely N-dealkylation sites (tertiary alicyclic amines) is 1. The molecule has 104 valence electrons. The minimum Gasteiger partial charge on any atom is -0.298 e. The van der Waals surface area contributed by atoms with Gasteiger partial charge in [-0.2, -0.15) is 0 Å². The summed E-state index contributed by atoms with van der Waals surface area (Å²) in [6, 6.07) is 10.1. The average molecular weight is 286 g/mol. The largest absolute Gasteiger partial charge is 0.298 e. The van der Waals surface area contributed by atoms with Gasteiger partial charge in [-0.15, -0.1) is 11.3 Å². The Balaban J connectivity index is 1.92. The van der Waals surface area contributed by atoms with Crippen LogP contribution < -0.4 is 0 Å². The third-order valence-electron chi connectivity index (χ3n) is 3.62. The number of carbonyl (C=O) groups is 1. The SMILES string of the molecule is CC(=O)c1nc(-c2ccccc2)sc1CN1CCCC1. The molecule has 1 saturated heterocycles. The topological polar surface area (TPSA) is 33.2 Å². The minimum absolute atomic E-state index is 0.0672. The van der Waals surface area contributed by atoms with E-state index in [-0.39, 0.29) is 5.78 Å². The first kappa shape index (κ1) is 13.5. The molecule has 0 N–H and O–H groups in total. The standard InChI is InChI=1S/C16H18N2OS/c1-12(19)15-14(11-18-9-5-6-10-18)20-16(17-15)13-7-3-2-4-8-13/h2-4,7-8H,5-6,9-11H2,1H3. The molecule has 3 nitrogen and oxygen atoms in total. The van der Waals surface area contributed by atoms with Gasteiger partial charge in [-0.1, -0.05) is 30.3 Å². The summed E-state index contributed by atoms with van der Waals surface area (Å²) in [6.45, 7) is 4.74. The van der Waals surface area contributed by atoms with Gasteiger partial charge in [0, 0.05) is 19.0 Å². The fourth-order valence-electron chi connectivity index (χ4n) is 2.58. The van der Waals surface area contributed by atoms with E-state index in [4.69, 9.17) is 0 Å². The summed E-state index contributed by atoms with van der Waals surface area (Å²) in [6.07, 6.45) is 2.53. The van der Waals surface area contributed by atoms with Crippen LogP contribution in [0.25, 0.3) is 10.6 Å². The Morgan fingerprint density at radius 1 is 1.25 bits per heavy atom. The Kier molecular flexibility index (Phi) is 3.94. The van der Waals surface area contributed by atoms with Gasteiger partial charge in [-0.3, -0.25) is 9.69 Å². The van der Waals surface area contributed by atoms with Gasteiger partial charge < -0.3 is 0 Å². The van der Waals surface area contributed by atoms with Crippen molar-refractivity contribution in [3.8, 4) is 10.6 Å². The molecule has 0 unspecified atom stereocenters. The molecule has 2 heterocycles. The quantitative estimate of drug-likeness (QED) is 0.805. The van der Waals surface area contributed by atoms with Crippen LogP contribution in [-0.4, -0.2) is 28.8 Å². The predicted molar refractivity (Wildman–Crippen MR) is 82.1 cm³/mol. The Labute approximate surface area is 123 Å². The van der Waals surface area contributed by atoms with Crippen molar-refractivity contribution in [1.82, 2.24) is 9.88 Å². The molecule has 1 aromatic carbocycles. The molecule has 3 rings (SSSR count). The van der Waals surface area contributed by atoms with Crippen LogP contribution in [0.4, 0.5) is 0 Å². The fourth-order valence-corrected chi connectivity index (χ4v) is 3.74. The molecule has 0 saturated carbocycles. The van der Waals surface area contributed by atoms with Crippen LogP contribution >= 0.6 is 11.3 Å². The van der Waals surface area contributed by atoms with E-state index in [0.717, 1.165) is 35.1 Å². The van der Waals surface area contributed by atoms with Crippen molar-refractivity contribution in [3.05, 3.63) is 40.9 Å². The Morgan fingerprint density at radius 2 is 1.95 bits per heavy atom. The first-order valence-electron chi connectivity index (χ1n) is 7.02. The van der Waals surface area contributed by atoms with Crippen LogP contribution in [0.15, 0.2) is 30.3 Å². The highest BCUT2D eigenvalue weighted by Gasteiger charge is 2.20. The van der Waals surface area contributed by atoms with E-state index in [0.29, 0.717) is 5.69 Å². The highest BCUT2D eigenvalue weighted by Crippen LogP contribution is 2.30. The molecule has 1 fully saturated rings. The molecule has 1 aliphatic rings. The predicted octanol–water partition coefficient (Wildman–Crippen LogP) is 3.61. The number of hydrogen-bond acceptors (Lipinski definition) is 4. The van der Waals surface area contributed by atoms with E-state index < -0.39 is 0 Å². The van der Waals surface area contributed by atoms with Crippen LogP contribution in [0.1, 0.15) is 35.1 Å². The minimum atomic E-state index is 0.0672. The number of benzene rings is 1. The zero-order chi connectivity index (χ0) is 13.9. The summed E-state index contributed by atoms with van der Waals surface area (Å²) in [5.74, 6) is 0.0672. The smallest absolute Gasteiger partial charge is 0.179 e. The molecule has 2 aromatic rings. The number of rotatable bonds is 4. The zero-order valence-corrected chi connectivity index (χ0v) is 12.4. The summed E-state index contributed by atoms with van der Waals surface area (Å²) >= 11 is 1.65. The summed E-state index contributed by atoms with van der Waals surface area (Å²) in [5, 5.41) is 0.949. The number of aromatic nitrogens is 1. The molecule has 1 aromatic heterocycles. The van der Waals surface area contributed by atoms with E-state index in [1.807, 2.05) is 30.3 Å². The lowest BCUT2D eigenvalue weighted by Crippen LogP contribution is -2.18. The highest BCUT2D eigenvalue weighted by atomic mass is 32.1. The number of carbonyl (C=O) groups excluding carboxylic acids is 1. The van der Waals surface area contributed by atoms with E-state index in [2.05, 4.69) is 9.88 Å². The van der Waals surface area contributed by atoms with E-state index in [1.54, 1.807) is 18.3 Å². The molecule has 0 radical (unpaired) electrons. The molecular formula is C16H18N2OS. The van der Waals surface area contributed by atoms with Crippen molar-refractivity contribution < 1.29 is 4.79 Å². The summed E-state index contributed by atoms with van der Waals surface area (Å²) in [4.78, 5) is 19.9. The number of hydrogen-bond donors (Lipinski definition) is 0. The van der Waals surface area contributed by atoms with E-state index in [9.17, 15) is 4.79 Å². The summed E-state index contributed by atoms with van der Waals surface area (Å²) < 4.78 is 0. The number of thiazole rings is 1. The van der Waals surface area contributed by atoms with E-state index >= 15 is 0 Å². The van der Waals surface area contributed by atoms with Crippen molar-refractivity contribution in [3.63, 3.8) is 0 Å². The molecule has 0 spiro atoms. The lowest BCUT2D eigenvalue weighted by Gasteiger charge is -2.13. The van der Waals surface area contributed by atoms with Gasteiger partial charge in [-0.05, 0) is 25.9 Å². The monoisotopic (exact) mass is 286 g/mol. The van der Waals surface area contributed by atoms with Crippen LogP contribution in [0.2, 0.25) is 0 Å². The fraction of sp³-hybridized carbons (Fsp3) is 0.375. The van der Waals surface area contributed by atoms with Crippen LogP contribution in [0.3, 0.4) is 0 Å². The van der Waals surface area contributed by atoms with Crippen LogP contribution in [-0.2, 0) is 6.54 Å². The molecule has 0 bridgehead atoms. The highest BCUT2D eigenvalue weighted by molar-refractivity contribution is 7.15. The van der Waals surface area contributed by atoms with Gasteiger partial charge >= 0.3 is 0 Å². The summed E-state index contributed by atoms with van der Waals surface area (Å²) in [7, 11) is 0.